The lowest BCUT2D eigenvalue weighted by Gasteiger charge is -2.12. The normalized spacial score (nSPS) is 10.8. The zero-order chi connectivity index (χ0) is 23.2. The smallest absolute Gasteiger partial charge is 0.273 e. The first-order valence-corrected chi connectivity index (χ1v) is 11.0. The van der Waals surface area contributed by atoms with E-state index in [9.17, 15) is 4.79 Å². The van der Waals surface area contributed by atoms with Gasteiger partial charge in [-0.05, 0) is 49.7 Å². The minimum absolute atomic E-state index is 0.304. The molecule has 9 heteroatoms. The molecule has 0 aliphatic heterocycles. The lowest BCUT2D eigenvalue weighted by atomic mass is 10.1. The second-order valence-corrected chi connectivity index (χ2v) is 7.64. The number of carbonyl (C=O) groups excluding carboxylic acids is 1. The Balaban J connectivity index is 1.41. The Morgan fingerprint density at radius 1 is 1.06 bits per heavy atom. The molecule has 2 heterocycles. The van der Waals surface area contributed by atoms with E-state index in [4.69, 9.17) is 21.1 Å². The Bertz CT molecular complexity index is 1230. The number of carbonyl (C=O) groups is 1. The number of nitrogens with zero attached hydrogens (tertiary/aromatic N) is 3. The molecule has 0 aliphatic rings. The number of hydrogen-bond donors (Lipinski definition) is 2. The van der Waals surface area contributed by atoms with Crippen molar-refractivity contribution in [1.82, 2.24) is 20.0 Å². The van der Waals surface area contributed by atoms with Crippen LogP contribution >= 0.6 is 11.6 Å². The SMILES string of the molecule is CCOc1ccc(Cn2cc(NC(=O)c3cc(-c4ccc(Cl)cc4)n[nH]3)cn2)cc1OCC. The zero-order valence-corrected chi connectivity index (χ0v) is 19.1. The molecular weight excluding hydrogens is 442 g/mol. The molecule has 0 saturated carbocycles. The van der Waals surface area contributed by atoms with Gasteiger partial charge in [0, 0.05) is 16.8 Å². The largest absolute Gasteiger partial charge is 0.490 e. The van der Waals surface area contributed by atoms with E-state index in [-0.39, 0.29) is 5.91 Å². The Morgan fingerprint density at radius 3 is 2.58 bits per heavy atom. The number of rotatable bonds is 9. The van der Waals surface area contributed by atoms with Gasteiger partial charge in [-0.15, -0.1) is 0 Å². The molecule has 33 heavy (non-hydrogen) atoms. The summed E-state index contributed by atoms with van der Waals surface area (Å²) in [5.74, 6) is 1.12. The van der Waals surface area contributed by atoms with Gasteiger partial charge in [0.25, 0.3) is 5.91 Å². The maximum atomic E-state index is 12.6. The van der Waals surface area contributed by atoms with Crippen LogP contribution in [-0.4, -0.2) is 39.1 Å². The van der Waals surface area contributed by atoms with Gasteiger partial charge < -0.3 is 14.8 Å². The number of aromatic nitrogens is 4. The summed E-state index contributed by atoms with van der Waals surface area (Å²) in [6, 6.07) is 14.8. The average molecular weight is 466 g/mol. The van der Waals surface area contributed by atoms with Gasteiger partial charge in [0.15, 0.2) is 11.5 Å². The Morgan fingerprint density at radius 2 is 1.82 bits per heavy atom. The van der Waals surface area contributed by atoms with Gasteiger partial charge in [-0.3, -0.25) is 14.6 Å². The number of hydrogen-bond acceptors (Lipinski definition) is 5. The van der Waals surface area contributed by atoms with Gasteiger partial charge in [-0.25, -0.2) is 0 Å². The molecule has 0 unspecified atom stereocenters. The van der Waals surface area contributed by atoms with E-state index in [1.54, 1.807) is 35.3 Å². The number of benzene rings is 2. The Kier molecular flexibility index (Phi) is 6.95. The Hall–Kier alpha value is -3.78. The predicted molar refractivity (Wildman–Crippen MR) is 127 cm³/mol. The summed E-state index contributed by atoms with van der Waals surface area (Å²) in [4.78, 5) is 12.6. The summed E-state index contributed by atoms with van der Waals surface area (Å²) in [7, 11) is 0. The first kappa shape index (κ1) is 22.4. The number of halogens is 1. The first-order chi connectivity index (χ1) is 16.1. The number of H-pyrrole nitrogens is 1. The van der Waals surface area contributed by atoms with Crippen molar-refractivity contribution in [3.8, 4) is 22.8 Å². The minimum Gasteiger partial charge on any atom is -0.490 e. The summed E-state index contributed by atoms with van der Waals surface area (Å²) in [6.07, 6.45) is 3.37. The standard InChI is InChI=1S/C24H24ClN5O3/c1-3-32-22-10-5-16(11-23(22)33-4-2)14-30-15-19(13-26-30)27-24(31)21-12-20(28-29-21)17-6-8-18(25)9-7-17/h5-13,15H,3-4,14H2,1-2H3,(H,27,31)(H,28,29). The van der Waals surface area contributed by atoms with Crippen LogP contribution in [-0.2, 0) is 6.54 Å². The molecule has 4 aromatic rings. The van der Waals surface area contributed by atoms with Crippen LogP contribution < -0.4 is 14.8 Å². The molecule has 170 valence electrons. The van der Waals surface area contributed by atoms with Crippen LogP contribution in [0.3, 0.4) is 0 Å². The molecule has 8 nitrogen and oxygen atoms in total. The maximum absolute atomic E-state index is 12.6. The van der Waals surface area contributed by atoms with Gasteiger partial charge in [0.2, 0.25) is 0 Å². The van der Waals surface area contributed by atoms with Gasteiger partial charge in [0.05, 0.1) is 37.3 Å². The molecule has 4 rings (SSSR count). The van der Waals surface area contributed by atoms with Crippen LogP contribution in [0.25, 0.3) is 11.3 Å². The molecule has 0 atom stereocenters. The lowest BCUT2D eigenvalue weighted by Crippen LogP contribution is -2.11. The highest BCUT2D eigenvalue weighted by molar-refractivity contribution is 6.30. The van der Waals surface area contributed by atoms with Crippen LogP contribution in [0, 0.1) is 0 Å². The van der Waals surface area contributed by atoms with E-state index >= 15 is 0 Å². The summed E-state index contributed by atoms with van der Waals surface area (Å²) in [6.45, 7) is 5.51. The number of aromatic amines is 1. The zero-order valence-electron chi connectivity index (χ0n) is 18.3. The second kappa shape index (κ2) is 10.2. The second-order valence-electron chi connectivity index (χ2n) is 7.20. The van der Waals surface area contributed by atoms with Crippen molar-refractivity contribution in [2.24, 2.45) is 0 Å². The van der Waals surface area contributed by atoms with Crippen molar-refractivity contribution in [1.29, 1.82) is 0 Å². The number of amides is 1. The van der Waals surface area contributed by atoms with Crippen LogP contribution in [0.1, 0.15) is 29.9 Å². The van der Waals surface area contributed by atoms with Crippen LogP contribution in [0.15, 0.2) is 60.9 Å². The molecule has 0 radical (unpaired) electrons. The molecule has 0 spiro atoms. The number of nitrogens with one attached hydrogen (secondary N) is 2. The summed E-state index contributed by atoms with van der Waals surface area (Å²) in [5, 5.41) is 14.8. The van der Waals surface area contributed by atoms with Gasteiger partial charge in [-0.2, -0.15) is 10.2 Å². The summed E-state index contributed by atoms with van der Waals surface area (Å²) in [5.41, 5.74) is 3.46. The third kappa shape index (κ3) is 5.53. The third-order valence-electron chi connectivity index (χ3n) is 4.81. The van der Waals surface area contributed by atoms with Crippen molar-refractivity contribution >= 4 is 23.2 Å². The van der Waals surface area contributed by atoms with Crippen molar-refractivity contribution in [3.05, 3.63) is 77.2 Å². The summed E-state index contributed by atoms with van der Waals surface area (Å²) >= 11 is 5.93. The molecule has 1 amide bonds. The van der Waals surface area contributed by atoms with Crippen molar-refractivity contribution < 1.29 is 14.3 Å². The highest BCUT2D eigenvalue weighted by atomic mass is 35.5. The number of ether oxygens (including phenoxy) is 2. The van der Waals surface area contributed by atoms with Crippen LogP contribution in [0.4, 0.5) is 5.69 Å². The lowest BCUT2D eigenvalue weighted by molar-refractivity contribution is 0.102. The number of anilines is 1. The highest BCUT2D eigenvalue weighted by Crippen LogP contribution is 2.29. The van der Waals surface area contributed by atoms with E-state index in [2.05, 4.69) is 20.6 Å². The van der Waals surface area contributed by atoms with Crippen LogP contribution in [0.2, 0.25) is 5.02 Å². The van der Waals surface area contributed by atoms with Crippen molar-refractivity contribution in [2.45, 2.75) is 20.4 Å². The first-order valence-electron chi connectivity index (χ1n) is 10.6. The molecule has 2 N–H and O–H groups in total. The van der Waals surface area contributed by atoms with Crippen LogP contribution in [0.5, 0.6) is 11.5 Å². The van der Waals surface area contributed by atoms with E-state index in [0.29, 0.717) is 53.4 Å². The monoisotopic (exact) mass is 465 g/mol. The van der Waals surface area contributed by atoms with E-state index in [0.717, 1.165) is 11.1 Å². The van der Waals surface area contributed by atoms with E-state index in [1.807, 2.05) is 44.2 Å². The fraction of sp³-hybridized carbons (Fsp3) is 0.208. The molecule has 0 aliphatic carbocycles. The molecule has 0 saturated heterocycles. The van der Waals surface area contributed by atoms with Crippen molar-refractivity contribution in [2.75, 3.05) is 18.5 Å². The maximum Gasteiger partial charge on any atom is 0.273 e. The molecule has 0 fully saturated rings. The predicted octanol–water partition coefficient (Wildman–Crippen LogP) is 5.02. The average Bonchev–Trinajstić information content (AvgIpc) is 3.46. The third-order valence-corrected chi connectivity index (χ3v) is 5.06. The topological polar surface area (TPSA) is 94.1 Å². The molecule has 0 bridgehead atoms. The van der Waals surface area contributed by atoms with Crippen molar-refractivity contribution in [3.63, 3.8) is 0 Å². The van der Waals surface area contributed by atoms with Gasteiger partial charge in [-0.1, -0.05) is 29.8 Å². The Labute approximate surface area is 196 Å². The molecule has 2 aromatic carbocycles. The highest BCUT2D eigenvalue weighted by Gasteiger charge is 2.13. The van der Waals surface area contributed by atoms with Gasteiger partial charge in [0.1, 0.15) is 5.69 Å². The fourth-order valence-corrected chi connectivity index (χ4v) is 3.43. The minimum atomic E-state index is -0.304. The quantitative estimate of drug-likeness (QED) is 0.362. The molecular formula is C24H24ClN5O3. The fourth-order valence-electron chi connectivity index (χ4n) is 3.30. The van der Waals surface area contributed by atoms with E-state index in [1.165, 1.54) is 0 Å². The summed E-state index contributed by atoms with van der Waals surface area (Å²) < 4.78 is 13.0. The van der Waals surface area contributed by atoms with Gasteiger partial charge >= 0.3 is 0 Å². The molecule has 2 aromatic heterocycles. The van der Waals surface area contributed by atoms with E-state index < -0.39 is 0 Å².